The molecule has 33 heavy (non-hydrogen) atoms. The third-order valence-corrected chi connectivity index (χ3v) is 6.40. The van der Waals surface area contributed by atoms with Crippen molar-refractivity contribution in [2.24, 2.45) is 0 Å². The third kappa shape index (κ3) is 3.23. The molecule has 2 aliphatic heterocycles. The van der Waals surface area contributed by atoms with E-state index in [1.54, 1.807) is 48.5 Å². The molecule has 0 fully saturated rings. The Morgan fingerprint density at radius 3 is 2.30 bits per heavy atom. The van der Waals surface area contributed by atoms with E-state index >= 15 is 0 Å². The van der Waals surface area contributed by atoms with Gasteiger partial charge in [0.25, 0.3) is 11.6 Å². The van der Waals surface area contributed by atoms with Crippen molar-refractivity contribution in [3.05, 3.63) is 105 Å². The number of nitro groups is 1. The van der Waals surface area contributed by atoms with Crippen molar-refractivity contribution in [1.82, 2.24) is 9.80 Å². The van der Waals surface area contributed by atoms with Crippen LogP contribution in [0.5, 0.6) is 0 Å². The number of benzene rings is 3. The topological polar surface area (TPSA) is 106 Å². The Morgan fingerprint density at radius 1 is 0.909 bits per heavy atom. The van der Waals surface area contributed by atoms with E-state index in [0.29, 0.717) is 24.1 Å². The van der Waals surface area contributed by atoms with Crippen LogP contribution in [-0.4, -0.2) is 28.7 Å². The number of nitrogens with zero attached hydrogens (tertiary/aromatic N) is 2. The Morgan fingerprint density at radius 2 is 1.58 bits per heavy atom. The van der Waals surface area contributed by atoms with Gasteiger partial charge in [-0.3, -0.25) is 14.9 Å². The number of nitrogens with one attached hydrogen (secondary N) is 1. The lowest BCUT2D eigenvalue weighted by molar-refractivity contribution is -0.384. The number of aryl methyl sites for hydroxylation is 1. The summed E-state index contributed by atoms with van der Waals surface area (Å²) in [5.41, 5.74) is 2.35. The number of imide groups is 1. The number of quaternary nitrogens is 1. The summed E-state index contributed by atoms with van der Waals surface area (Å²) in [4.78, 5) is 51.8. The van der Waals surface area contributed by atoms with Crippen molar-refractivity contribution in [2.75, 3.05) is 0 Å². The molecule has 0 radical (unpaired) electrons. The maximum atomic E-state index is 14.2. The van der Waals surface area contributed by atoms with Crippen LogP contribution in [0, 0.1) is 10.1 Å². The van der Waals surface area contributed by atoms with E-state index in [2.05, 4.69) is 5.32 Å². The molecule has 8 heteroatoms. The summed E-state index contributed by atoms with van der Waals surface area (Å²) in [6.45, 7) is -0.0205. The zero-order chi connectivity index (χ0) is 23.2. The van der Waals surface area contributed by atoms with Crippen LogP contribution in [0.1, 0.15) is 38.3 Å². The zero-order valence-corrected chi connectivity index (χ0v) is 17.6. The maximum absolute atomic E-state index is 14.2. The van der Waals surface area contributed by atoms with E-state index in [1.807, 2.05) is 12.1 Å². The number of para-hydroxylation sites is 1. The fraction of sp³-hybridized carbons (Fsp3) is 0.160. The molecule has 2 atom stereocenters. The molecule has 0 aliphatic carbocycles. The van der Waals surface area contributed by atoms with E-state index < -0.39 is 33.2 Å². The van der Waals surface area contributed by atoms with Gasteiger partial charge in [-0.1, -0.05) is 30.3 Å². The second-order valence-corrected chi connectivity index (χ2v) is 8.27. The number of nitro benzene ring substituents is 1. The summed E-state index contributed by atoms with van der Waals surface area (Å²) in [7, 11) is 0. The van der Waals surface area contributed by atoms with Gasteiger partial charge in [0.1, 0.15) is 12.6 Å². The van der Waals surface area contributed by atoms with Crippen LogP contribution in [0.25, 0.3) is 0 Å². The lowest BCUT2D eigenvalue weighted by atomic mass is 9.98. The Labute approximate surface area is 189 Å². The highest BCUT2D eigenvalue weighted by Crippen LogP contribution is 2.39. The van der Waals surface area contributed by atoms with Gasteiger partial charge in [0.05, 0.1) is 16.1 Å². The van der Waals surface area contributed by atoms with Crippen LogP contribution in [0.3, 0.4) is 0 Å². The van der Waals surface area contributed by atoms with Crippen LogP contribution in [0.4, 0.5) is 11.4 Å². The molecule has 5 rings (SSSR count). The normalized spacial score (nSPS) is 21.7. The first-order valence-corrected chi connectivity index (χ1v) is 10.6. The first-order chi connectivity index (χ1) is 15.9. The van der Waals surface area contributed by atoms with Crippen molar-refractivity contribution < 1.29 is 19.3 Å². The minimum Gasteiger partial charge on any atom is -0.337 e. The SMILES string of the molecule is O=C1NC2CCc3ccccc3[N+](Cc3ccc([N+](=O)[O-])cc3)(C(=O)c3ccccc31)C2=O. The molecule has 3 aromatic carbocycles. The molecule has 3 aromatic rings. The molecule has 0 spiro atoms. The highest BCUT2D eigenvalue weighted by Gasteiger charge is 2.55. The summed E-state index contributed by atoms with van der Waals surface area (Å²) < 4.78 is -0.629. The number of carbonyl (C=O) groups excluding carboxylic acids is 3. The number of hydrogen-bond acceptors (Lipinski definition) is 5. The predicted molar refractivity (Wildman–Crippen MR) is 120 cm³/mol. The van der Waals surface area contributed by atoms with E-state index in [4.69, 9.17) is 0 Å². The van der Waals surface area contributed by atoms with Gasteiger partial charge in [-0.15, -0.1) is 0 Å². The predicted octanol–water partition coefficient (Wildman–Crippen LogP) is 3.53. The number of fused-ring (bicyclic) bond motifs is 5. The smallest absolute Gasteiger partial charge is 0.337 e. The van der Waals surface area contributed by atoms with Gasteiger partial charge in [-0.2, -0.15) is 4.48 Å². The van der Waals surface area contributed by atoms with Gasteiger partial charge in [-0.25, -0.2) is 9.59 Å². The quantitative estimate of drug-likeness (QED) is 0.289. The summed E-state index contributed by atoms with van der Waals surface area (Å²) in [6.07, 6.45) is 0.897. The van der Waals surface area contributed by atoms with Crippen LogP contribution in [0.15, 0.2) is 72.8 Å². The molecule has 2 aliphatic rings. The second-order valence-electron chi connectivity index (χ2n) is 8.27. The molecule has 8 nitrogen and oxygen atoms in total. The van der Waals surface area contributed by atoms with Crippen LogP contribution in [0.2, 0.25) is 0 Å². The highest BCUT2D eigenvalue weighted by molar-refractivity contribution is 6.22. The number of non-ortho nitro benzene ring substituents is 1. The van der Waals surface area contributed by atoms with Crippen molar-refractivity contribution in [3.8, 4) is 0 Å². The minimum atomic E-state index is -0.847. The number of amides is 3. The van der Waals surface area contributed by atoms with E-state index in [0.717, 1.165) is 5.56 Å². The fourth-order valence-corrected chi connectivity index (χ4v) is 4.79. The van der Waals surface area contributed by atoms with Crippen LogP contribution in [-0.2, 0) is 17.8 Å². The average molecular weight is 442 g/mol. The molecule has 3 amide bonds. The first kappa shape index (κ1) is 20.7. The van der Waals surface area contributed by atoms with Crippen molar-refractivity contribution >= 4 is 29.1 Å². The van der Waals surface area contributed by atoms with Gasteiger partial charge in [-0.05, 0) is 37.1 Å². The first-order valence-electron chi connectivity index (χ1n) is 10.6. The monoisotopic (exact) mass is 442 g/mol. The molecule has 164 valence electrons. The second kappa shape index (κ2) is 7.75. The Bertz CT molecular complexity index is 1320. The molecule has 0 aromatic heterocycles. The molecule has 2 heterocycles. The Balaban J connectivity index is 1.77. The number of rotatable bonds is 3. The molecule has 2 bridgehead atoms. The van der Waals surface area contributed by atoms with Crippen molar-refractivity contribution in [2.45, 2.75) is 25.4 Å². The molecule has 0 saturated heterocycles. The fourth-order valence-electron chi connectivity index (χ4n) is 4.79. The molecule has 1 N–H and O–H groups in total. The van der Waals surface area contributed by atoms with Crippen molar-refractivity contribution in [1.29, 1.82) is 0 Å². The summed E-state index contributed by atoms with van der Waals surface area (Å²) in [5, 5.41) is 13.9. The van der Waals surface area contributed by atoms with Crippen LogP contribution >= 0.6 is 0 Å². The van der Waals surface area contributed by atoms with Crippen LogP contribution < -0.4 is 9.80 Å². The van der Waals surface area contributed by atoms with Gasteiger partial charge < -0.3 is 5.32 Å². The van der Waals surface area contributed by atoms with Gasteiger partial charge in [0, 0.05) is 29.3 Å². The third-order valence-electron chi connectivity index (χ3n) is 6.40. The molecular weight excluding hydrogens is 422 g/mol. The summed E-state index contributed by atoms with van der Waals surface area (Å²) >= 11 is 0. The lowest BCUT2D eigenvalue weighted by Crippen LogP contribution is -2.65. The van der Waals surface area contributed by atoms with Gasteiger partial charge >= 0.3 is 11.8 Å². The molecule has 2 unspecified atom stereocenters. The number of hydrogen-bond donors (Lipinski definition) is 1. The van der Waals surface area contributed by atoms with Gasteiger partial charge in [0.2, 0.25) is 0 Å². The Kier molecular flexibility index (Phi) is 4.87. The van der Waals surface area contributed by atoms with E-state index in [1.165, 1.54) is 12.1 Å². The average Bonchev–Trinajstić information content (AvgIpc) is 2.95. The zero-order valence-electron chi connectivity index (χ0n) is 17.6. The summed E-state index contributed by atoms with van der Waals surface area (Å²) in [6, 6.07) is 18.8. The standard InChI is InChI=1S/C25H19N3O5/c29-23-19-6-2-3-7-20(19)24(30)28(15-16-9-12-18(13-10-16)27(32)33)22-8-4-1-5-17(22)11-14-21(26-23)25(28)31/h1-10,12-13,21H,11,14-15H2/p+1. The number of carbonyl (C=O) groups is 3. The highest BCUT2D eigenvalue weighted by atomic mass is 16.6. The minimum absolute atomic E-state index is 0.0205. The van der Waals surface area contributed by atoms with E-state index in [9.17, 15) is 24.5 Å². The van der Waals surface area contributed by atoms with Crippen molar-refractivity contribution in [3.63, 3.8) is 0 Å². The molecule has 0 saturated carbocycles. The lowest BCUT2D eigenvalue weighted by Gasteiger charge is -2.36. The maximum Gasteiger partial charge on any atom is 0.359 e. The van der Waals surface area contributed by atoms with E-state index in [-0.39, 0.29) is 23.4 Å². The van der Waals surface area contributed by atoms with Gasteiger partial charge in [0.15, 0.2) is 5.69 Å². The molecular formula is C25H20N3O5+. The summed E-state index contributed by atoms with van der Waals surface area (Å²) in [5.74, 6) is -1.34. The Hall–Kier alpha value is -4.17. The largest absolute Gasteiger partial charge is 0.359 e.